The molecule has 0 bridgehead atoms. The molecular formula is C11H16BrClN2. The van der Waals surface area contributed by atoms with Gasteiger partial charge in [0.15, 0.2) is 0 Å². The Morgan fingerprint density at radius 2 is 2.07 bits per heavy atom. The molecule has 84 valence electrons. The fraction of sp³-hybridized carbons (Fsp3) is 0.455. The molecule has 1 aromatic carbocycles. The molecule has 0 aromatic heterocycles. The molecule has 2 nitrogen and oxygen atoms in total. The Hall–Kier alpha value is -0.0900. The summed E-state index contributed by atoms with van der Waals surface area (Å²) in [6.45, 7) is 0.723. The molecule has 0 aliphatic carbocycles. The maximum atomic E-state index is 6.10. The SMILES string of the molecule is NCCCC[C@@H](N)c1ccc(Br)cc1Cl. The first-order chi connectivity index (χ1) is 7.15. The summed E-state index contributed by atoms with van der Waals surface area (Å²) < 4.78 is 0.977. The Labute approximate surface area is 104 Å². The molecule has 0 spiro atoms. The molecule has 1 atom stereocenters. The number of hydrogen-bond acceptors (Lipinski definition) is 2. The van der Waals surface area contributed by atoms with Crippen LogP contribution in [0.2, 0.25) is 5.02 Å². The third-order valence-electron chi connectivity index (χ3n) is 2.33. The lowest BCUT2D eigenvalue weighted by Crippen LogP contribution is -2.11. The van der Waals surface area contributed by atoms with Crippen LogP contribution in [0, 0.1) is 0 Å². The standard InChI is InChI=1S/C11H16BrClN2/c12-8-4-5-9(10(13)7-8)11(15)3-1-2-6-14/h4-5,7,11H,1-3,6,14-15H2/t11-/m1/s1. The van der Waals surface area contributed by atoms with Gasteiger partial charge in [0.2, 0.25) is 0 Å². The van der Waals surface area contributed by atoms with Gasteiger partial charge in [0, 0.05) is 15.5 Å². The van der Waals surface area contributed by atoms with Crippen molar-refractivity contribution in [2.45, 2.75) is 25.3 Å². The van der Waals surface area contributed by atoms with Crippen LogP contribution in [0.1, 0.15) is 30.9 Å². The summed E-state index contributed by atoms with van der Waals surface area (Å²) in [6.07, 6.45) is 2.99. The zero-order valence-electron chi connectivity index (χ0n) is 8.55. The molecule has 0 fully saturated rings. The van der Waals surface area contributed by atoms with Crippen LogP contribution in [0.4, 0.5) is 0 Å². The van der Waals surface area contributed by atoms with Gasteiger partial charge in [0.25, 0.3) is 0 Å². The van der Waals surface area contributed by atoms with E-state index in [2.05, 4.69) is 15.9 Å². The number of benzene rings is 1. The molecule has 4 N–H and O–H groups in total. The first-order valence-corrected chi connectivity index (χ1v) is 6.23. The minimum absolute atomic E-state index is 0.0112. The van der Waals surface area contributed by atoms with Crippen LogP contribution in [-0.2, 0) is 0 Å². The molecule has 0 unspecified atom stereocenters. The van der Waals surface area contributed by atoms with Gasteiger partial charge in [-0.3, -0.25) is 0 Å². The van der Waals surface area contributed by atoms with Crippen LogP contribution in [0.15, 0.2) is 22.7 Å². The lowest BCUT2D eigenvalue weighted by atomic mass is 10.0. The van der Waals surface area contributed by atoms with E-state index in [0.717, 1.165) is 40.9 Å². The Morgan fingerprint density at radius 1 is 1.33 bits per heavy atom. The van der Waals surface area contributed by atoms with Gasteiger partial charge in [-0.05, 0) is 37.1 Å². The third kappa shape index (κ3) is 4.11. The van der Waals surface area contributed by atoms with Crippen molar-refractivity contribution in [1.82, 2.24) is 0 Å². The smallest absolute Gasteiger partial charge is 0.0464 e. The van der Waals surface area contributed by atoms with Gasteiger partial charge in [-0.2, -0.15) is 0 Å². The van der Waals surface area contributed by atoms with Crippen LogP contribution in [0.5, 0.6) is 0 Å². The molecule has 4 heteroatoms. The topological polar surface area (TPSA) is 52.0 Å². The molecule has 15 heavy (non-hydrogen) atoms. The van der Waals surface area contributed by atoms with Crippen molar-refractivity contribution in [2.75, 3.05) is 6.54 Å². The Bertz CT molecular complexity index is 317. The summed E-state index contributed by atoms with van der Waals surface area (Å²) in [4.78, 5) is 0. The molecule has 0 radical (unpaired) electrons. The molecule has 1 aromatic rings. The highest BCUT2D eigenvalue weighted by molar-refractivity contribution is 9.10. The highest BCUT2D eigenvalue weighted by atomic mass is 79.9. The molecule has 0 saturated carbocycles. The highest BCUT2D eigenvalue weighted by Crippen LogP contribution is 2.27. The van der Waals surface area contributed by atoms with Gasteiger partial charge in [0.1, 0.15) is 0 Å². The summed E-state index contributed by atoms with van der Waals surface area (Å²) in [6, 6.07) is 5.82. The number of rotatable bonds is 5. The molecule has 0 heterocycles. The van der Waals surface area contributed by atoms with E-state index in [1.54, 1.807) is 0 Å². The van der Waals surface area contributed by atoms with Crippen molar-refractivity contribution in [3.8, 4) is 0 Å². The first kappa shape index (κ1) is 13.0. The first-order valence-electron chi connectivity index (χ1n) is 5.05. The van der Waals surface area contributed by atoms with Gasteiger partial charge in [-0.15, -0.1) is 0 Å². The molecule has 0 aliphatic rings. The van der Waals surface area contributed by atoms with E-state index < -0.39 is 0 Å². The normalized spacial score (nSPS) is 12.8. The zero-order valence-corrected chi connectivity index (χ0v) is 10.9. The van der Waals surface area contributed by atoms with Crippen molar-refractivity contribution in [2.24, 2.45) is 11.5 Å². The monoisotopic (exact) mass is 290 g/mol. The number of nitrogens with two attached hydrogens (primary N) is 2. The third-order valence-corrected chi connectivity index (χ3v) is 3.15. The van der Waals surface area contributed by atoms with E-state index in [4.69, 9.17) is 23.1 Å². The maximum absolute atomic E-state index is 6.10. The minimum Gasteiger partial charge on any atom is -0.330 e. The summed E-state index contributed by atoms with van der Waals surface area (Å²) in [5.41, 5.74) is 12.5. The second-order valence-electron chi connectivity index (χ2n) is 3.56. The van der Waals surface area contributed by atoms with Gasteiger partial charge < -0.3 is 11.5 Å². The van der Waals surface area contributed by atoms with Crippen LogP contribution in [-0.4, -0.2) is 6.54 Å². The summed E-state index contributed by atoms with van der Waals surface area (Å²) in [7, 11) is 0. The van der Waals surface area contributed by atoms with E-state index in [0.29, 0.717) is 0 Å². The second-order valence-corrected chi connectivity index (χ2v) is 4.88. The summed E-state index contributed by atoms with van der Waals surface area (Å²) in [5, 5.41) is 0.727. The fourth-order valence-electron chi connectivity index (χ4n) is 1.47. The van der Waals surface area contributed by atoms with Crippen LogP contribution < -0.4 is 11.5 Å². The summed E-state index contributed by atoms with van der Waals surface area (Å²) >= 11 is 9.47. The maximum Gasteiger partial charge on any atom is 0.0464 e. The number of unbranched alkanes of at least 4 members (excludes halogenated alkanes) is 1. The van der Waals surface area contributed by atoms with E-state index >= 15 is 0 Å². The number of hydrogen-bond donors (Lipinski definition) is 2. The van der Waals surface area contributed by atoms with Gasteiger partial charge in [-0.1, -0.05) is 40.0 Å². The average molecular weight is 292 g/mol. The fourth-order valence-corrected chi connectivity index (χ4v) is 2.28. The zero-order chi connectivity index (χ0) is 11.3. The van der Waals surface area contributed by atoms with Crippen LogP contribution >= 0.6 is 27.5 Å². The van der Waals surface area contributed by atoms with Crippen molar-refractivity contribution in [3.05, 3.63) is 33.3 Å². The Balaban J connectivity index is 2.61. The van der Waals surface area contributed by atoms with Crippen molar-refractivity contribution in [1.29, 1.82) is 0 Å². The van der Waals surface area contributed by atoms with Gasteiger partial charge in [0.05, 0.1) is 0 Å². The molecule has 0 amide bonds. The molecule has 0 saturated heterocycles. The predicted molar refractivity (Wildman–Crippen MR) is 69.0 cm³/mol. The van der Waals surface area contributed by atoms with Crippen molar-refractivity contribution < 1.29 is 0 Å². The van der Waals surface area contributed by atoms with Crippen LogP contribution in [0.25, 0.3) is 0 Å². The Kier molecular flexibility index (Phi) is 5.61. The van der Waals surface area contributed by atoms with E-state index in [1.807, 2.05) is 18.2 Å². The lowest BCUT2D eigenvalue weighted by Gasteiger charge is -2.13. The largest absolute Gasteiger partial charge is 0.330 e. The predicted octanol–water partition coefficient (Wildman–Crippen LogP) is 3.23. The highest BCUT2D eigenvalue weighted by Gasteiger charge is 2.09. The van der Waals surface area contributed by atoms with E-state index in [1.165, 1.54) is 0 Å². The van der Waals surface area contributed by atoms with Gasteiger partial charge >= 0.3 is 0 Å². The van der Waals surface area contributed by atoms with Crippen LogP contribution in [0.3, 0.4) is 0 Å². The molecule has 0 aliphatic heterocycles. The Morgan fingerprint density at radius 3 is 2.67 bits per heavy atom. The van der Waals surface area contributed by atoms with E-state index in [-0.39, 0.29) is 6.04 Å². The molecular weight excluding hydrogens is 275 g/mol. The number of halogens is 2. The lowest BCUT2D eigenvalue weighted by molar-refractivity contribution is 0.591. The summed E-state index contributed by atoms with van der Waals surface area (Å²) in [5.74, 6) is 0. The quantitative estimate of drug-likeness (QED) is 0.818. The minimum atomic E-state index is 0.0112. The average Bonchev–Trinajstić information content (AvgIpc) is 2.17. The second kappa shape index (κ2) is 6.48. The van der Waals surface area contributed by atoms with Gasteiger partial charge in [-0.25, -0.2) is 0 Å². The van der Waals surface area contributed by atoms with E-state index in [9.17, 15) is 0 Å². The van der Waals surface area contributed by atoms with Crippen molar-refractivity contribution in [3.63, 3.8) is 0 Å². The van der Waals surface area contributed by atoms with Crippen molar-refractivity contribution >= 4 is 27.5 Å². The molecule has 1 rings (SSSR count).